The molecule has 5 heteroatoms. The standard InChI is InChI=1S/C8H8BrN3O/c1-11-4-6(9)5-3-12(2)10-7(5)8(11)13/h3-4H,1-2H3/i2D3. The van der Waals surface area contributed by atoms with Gasteiger partial charge in [-0.25, -0.2) is 0 Å². The summed E-state index contributed by atoms with van der Waals surface area (Å²) in [6.45, 7) is -2.37. The predicted molar refractivity (Wildman–Crippen MR) is 53.7 cm³/mol. The number of fused-ring (bicyclic) bond motifs is 1. The second-order valence-corrected chi connectivity index (χ2v) is 3.58. The van der Waals surface area contributed by atoms with Crippen molar-refractivity contribution >= 4 is 26.8 Å². The molecular formula is C8H8BrN3O. The molecule has 0 unspecified atom stereocenters. The highest BCUT2D eigenvalue weighted by molar-refractivity contribution is 9.10. The van der Waals surface area contributed by atoms with Crippen LogP contribution in [0.4, 0.5) is 0 Å². The maximum atomic E-state index is 11.7. The van der Waals surface area contributed by atoms with Crippen LogP contribution in [0.5, 0.6) is 0 Å². The molecule has 0 bridgehead atoms. The first kappa shape index (κ1) is 5.59. The fourth-order valence-corrected chi connectivity index (χ4v) is 1.77. The number of nitrogens with zero attached hydrogens (tertiary/aromatic N) is 3. The summed E-state index contributed by atoms with van der Waals surface area (Å²) < 4.78 is 24.4. The molecule has 0 aromatic carbocycles. The fourth-order valence-electron chi connectivity index (χ4n) is 1.17. The van der Waals surface area contributed by atoms with E-state index in [9.17, 15) is 4.79 Å². The van der Waals surface area contributed by atoms with Crippen molar-refractivity contribution in [2.24, 2.45) is 14.0 Å². The number of aryl methyl sites for hydroxylation is 2. The molecular weight excluding hydrogens is 234 g/mol. The molecule has 0 amide bonds. The second-order valence-electron chi connectivity index (χ2n) is 2.73. The lowest BCUT2D eigenvalue weighted by Gasteiger charge is -1.97. The van der Waals surface area contributed by atoms with E-state index in [1.165, 1.54) is 10.8 Å². The quantitative estimate of drug-likeness (QED) is 0.695. The molecule has 0 aliphatic heterocycles. The summed E-state index contributed by atoms with van der Waals surface area (Å²) in [6.07, 6.45) is 2.92. The average molecular weight is 245 g/mol. The molecule has 0 N–H and O–H groups in total. The van der Waals surface area contributed by atoms with Gasteiger partial charge in [-0.2, -0.15) is 5.10 Å². The van der Waals surface area contributed by atoms with Crippen LogP contribution in [0.1, 0.15) is 4.11 Å². The third-order valence-corrected chi connectivity index (χ3v) is 2.43. The van der Waals surface area contributed by atoms with Crippen molar-refractivity contribution in [3.8, 4) is 0 Å². The Morgan fingerprint density at radius 1 is 1.62 bits per heavy atom. The van der Waals surface area contributed by atoms with Gasteiger partial charge >= 0.3 is 0 Å². The first-order chi connectivity index (χ1) is 7.30. The third-order valence-electron chi connectivity index (χ3n) is 1.80. The smallest absolute Gasteiger partial charge is 0.278 e. The monoisotopic (exact) mass is 244 g/mol. The van der Waals surface area contributed by atoms with E-state index in [4.69, 9.17) is 4.11 Å². The molecule has 13 heavy (non-hydrogen) atoms. The van der Waals surface area contributed by atoms with Crippen molar-refractivity contribution in [1.82, 2.24) is 14.3 Å². The zero-order valence-corrected chi connectivity index (χ0v) is 8.37. The van der Waals surface area contributed by atoms with Gasteiger partial charge in [-0.05, 0) is 15.9 Å². The first-order valence-electron chi connectivity index (χ1n) is 5.05. The topological polar surface area (TPSA) is 39.8 Å². The highest BCUT2D eigenvalue weighted by Crippen LogP contribution is 2.18. The minimum Gasteiger partial charge on any atom is -0.316 e. The highest BCUT2D eigenvalue weighted by Gasteiger charge is 2.08. The van der Waals surface area contributed by atoms with Gasteiger partial charge in [-0.15, -0.1) is 0 Å². The van der Waals surface area contributed by atoms with Gasteiger partial charge in [-0.1, -0.05) is 0 Å². The normalized spacial score (nSPS) is 15.4. The Bertz CT molecular complexity index is 613. The number of rotatable bonds is 0. The van der Waals surface area contributed by atoms with Crippen LogP contribution >= 0.6 is 15.9 Å². The minimum absolute atomic E-state index is 0.146. The Kier molecular flexibility index (Phi) is 1.16. The van der Waals surface area contributed by atoms with Gasteiger partial charge in [0.1, 0.15) is 0 Å². The lowest BCUT2D eigenvalue weighted by molar-refractivity contribution is 0.774. The Balaban J connectivity index is 2.86. The third kappa shape index (κ3) is 1.19. The summed E-state index contributed by atoms with van der Waals surface area (Å²) in [6, 6.07) is 0. The Morgan fingerprint density at radius 2 is 2.38 bits per heavy atom. The zero-order chi connectivity index (χ0) is 12.1. The molecule has 2 rings (SSSR count). The Labute approximate surface area is 87.1 Å². The van der Waals surface area contributed by atoms with Gasteiger partial charge in [0, 0.05) is 40.4 Å². The Hall–Kier alpha value is -1.10. The van der Waals surface area contributed by atoms with E-state index in [1.54, 1.807) is 13.2 Å². The van der Waals surface area contributed by atoms with Gasteiger partial charge in [-0.3, -0.25) is 9.48 Å². The van der Waals surface area contributed by atoms with E-state index in [-0.39, 0.29) is 11.1 Å². The van der Waals surface area contributed by atoms with Gasteiger partial charge < -0.3 is 4.57 Å². The van der Waals surface area contributed by atoms with Gasteiger partial charge in [0.25, 0.3) is 5.56 Å². The number of aromatic nitrogens is 3. The van der Waals surface area contributed by atoms with E-state index in [0.717, 1.165) is 4.68 Å². The zero-order valence-electron chi connectivity index (χ0n) is 9.78. The molecule has 2 aromatic heterocycles. The lowest BCUT2D eigenvalue weighted by atomic mass is 10.3. The van der Waals surface area contributed by atoms with Crippen LogP contribution in [0.2, 0.25) is 0 Å². The molecule has 0 aliphatic rings. The van der Waals surface area contributed by atoms with Crippen molar-refractivity contribution in [3.63, 3.8) is 0 Å². The summed E-state index contributed by atoms with van der Waals surface area (Å²) in [5, 5.41) is 4.30. The largest absolute Gasteiger partial charge is 0.316 e. The van der Waals surface area contributed by atoms with E-state index in [0.29, 0.717) is 9.86 Å². The molecule has 68 valence electrons. The second kappa shape index (κ2) is 2.70. The maximum absolute atomic E-state index is 11.7. The van der Waals surface area contributed by atoms with Crippen LogP contribution in [-0.2, 0) is 14.0 Å². The number of pyridine rings is 1. The molecule has 0 radical (unpaired) electrons. The summed E-state index contributed by atoms with van der Waals surface area (Å²) >= 11 is 3.27. The minimum atomic E-state index is -2.37. The summed E-state index contributed by atoms with van der Waals surface area (Å²) in [5.41, 5.74) is -0.172. The highest BCUT2D eigenvalue weighted by atomic mass is 79.9. The summed E-state index contributed by atoms with van der Waals surface area (Å²) in [7, 11) is 1.58. The van der Waals surface area contributed by atoms with Crippen LogP contribution in [0.15, 0.2) is 21.7 Å². The SMILES string of the molecule is [2H]C([2H])([2H])n1cc2c(Br)cn(C)c(=O)c2n1. The molecule has 0 fully saturated rings. The average Bonchev–Trinajstić information content (AvgIpc) is 2.58. The van der Waals surface area contributed by atoms with Gasteiger partial charge in [0.05, 0.1) is 0 Å². The summed E-state index contributed by atoms with van der Waals surface area (Å²) in [5.74, 6) is 0. The van der Waals surface area contributed by atoms with Crippen molar-refractivity contribution in [1.29, 1.82) is 0 Å². The first-order valence-corrected chi connectivity index (χ1v) is 4.35. The summed E-state index contributed by atoms with van der Waals surface area (Å²) in [4.78, 5) is 11.7. The van der Waals surface area contributed by atoms with Crippen molar-refractivity contribution in [2.45, 2.75) is 0 Å². The van der Waals surface area contributed by atoms with E-state index in [1.807, 2.05) is 0 Å². The fraction of sp³-hybridized carbons (Fsp3) is 0.250. The molecule has 0 spiro atoms. The maximum Gasteiger partial charge on any atom is 0.278 e. The van der Waals surface area contributed by atoms with Crippen LogP contribution in [-0.4, -0.2) is 14.3 Å². The van der Waals surface area contributed by atoms with Crippen LogP contribution in [0, 0.1) is 0 Å². The molecule has 0 aliphatic carbocycles. The number of hydrogen-bond acceptors (Lipinski definition) is 2. The van der Waals surface area contributed by atoms with Crippen molar-refractivity contribution < 1.29 is 4.11 Å². The van der Waals surface area contributed by atoms with E-state index < -0.39 is 6.98 Å². The Morgan fingerprint density at radius 3 is 3.08 bits per heavy atom. The van der Waals surface area contributed by atoms with Gasteiger partial charge in [0.15, 0.2) is 5.52 Å². The molecule has 0 atom stereocenters. The molecule has 2 heterocycles. The van der Waals surface area contributed by atoms with Crippen LogP contribution < -0.4 is 5.56 Å². The number of halogens is 1. The molecule has 0 saturated heterocycles. The van der Waals surface area contributed by atoms with Crippen LogP contribution in [0.25, 0.3) is 10.9 Å². The number of hydrogen-bond donors (Lipinski definition) is 0. The molecule has 2 aromatic rings. The molecule has 4 nitrogen and oxygen atoms in total. The van der Waals surface area contributed by atoms with Crippen molar-refractivity contribution in [3.05, 3.63) is 27.2 Å². The predicted octanol–water partition coefficient (Wildman–Crippen LogP) is 1.03. The van der Waals surface area contributed by atoms with E-state index >= 15 is 0 Å². The molecule has 0 saturated carbocycles. The van der Waals surface area contributed by atoms with Crippen molar-refractivity contribution in [2.75, 3.05) is 0 Å². The van der Waals surface area contributed by atoms with Crippen LogP contribution in [0.3, 0.4) is 0 Å². The lowest BCUT2D eigenvalue weighted by Crippen LogP contribution is -2.16. The van der Waals surface area contributed by atoms with E-state index in [2.05, 4.69) is 21.0 Å². The van der Waals surface area contributed by atoms with Gasteiger partial charge in [0.2, 0.25) is 0 Å².